The summed E-state index contributed by atoms with van der Waals surface area (Å²) in [6, 6.07) is 3.10. The van der Waals surface area contributed by atoms with Crippen molar-refractivity contribution in [2.45, 2.75) is 12.5 Å². The van der Waals surface area contributed by atoms with Crippen molar-refractivity contribution in [1.82, 2.24) is 10.6 Å². The molecule has 1 saturated heterocycles. The van der Waals surface area contributed by atoms with Gasteiger partial charge in [0.1, 0.15) is 5.75 Å². The molecule has 0 radical (unpaired) electrons. The number of amides is 3. The predicted molar refractivity (Wildman–Crippen MR) is 85.3 cm³/mol. The zero-order valence-electron chi connectivity index (χ0n) is 12.0. The summed E-state index contributed by atoms with van der Waals surface area (Å²) in [7, 11) is -3.08. The van der Waals surface area contributed by atoms with E-state index in [2.05, 4.69) is 16.0 Å². The molecule has 10 heteroatoms. The minimum absolute atomic E-state index is 0.0481. The number of rotatable bonds is 4. The normalized spacial score (nSPS) is 19.1. The number of nitrogens with one attached hydrogen (secondary N) is 3. The number of carbonyl (C=O) groups excluding carboxylic acids is 2. The molecule has 0 bridgehead atoms. The van der Waals surface area contributed by atoms with Crippen LogP contribution >= 0.6 is 11.6 Å². The largest absolute Gasteiger partial charge is 0.506 e. The maximum Gasteiger partial charge on any atom is 0.315 e. The van der Waals surface area contributed by atoms with Crippen LogP contribution < -0.4 is 16.0 Å². The average molecular weight is 362 g/mol. The molecule has 3 amide bonds. The molecule has 1 aliphatic rings. The van der Waals surface area contributed by atoms with Crippen molar-refractivity contribution in [3.63, 3.8) is 0 Å². The van der Waals surface area contributed by atoms with Crippen LogP contribution in [0.3, 0.4) is 0 Å². The summed E-state index contributed by atoms with van der Waals surface area (Å²) in [5.41, 5.74) is 0.131. The number of sulfone groups is 1. The zero-order chi connectivity index (χ0) is 17.0. The molecule has 126 valence electrons. The number of urea groups is 1. The van der Waals surface area contributed by atoms with Crippen molar-refractivity contribution in [1.29, 1.82) is 0 Å². The molecule has 1 heterocycles. The van der Waals surface area contributed by atoms with Crippen molar-refractivity contribution < 1.29 is 23.1 Å². The van der Waals surface area contributed by atoms with Crippen LogP contribution in [0.15, 0.2) is 18.2 Å². The number of aromatic hydroxyl groups is 1. The fourth-order valence-electron chi connectivity index (χ4n) is 2.11. The Morgan fingerprint density at radius 3 is 2.74 bits per heavy atom. The minimum Gasteiger partial charge on any atom is -0.506 e. The van der Waals surface area contributed by atoms with Crippen LogP contribution in [0.2, 0.25) is 5.02 Å². The second kappa shape index (κ2) is 7.05. The Kier molecular flexibility index (Phi) is 5.32. The topological polar surface area (TPSA) is 125 Å². The lowest BCUT2D eigenvalue weighted by molar-refractivity contribution is -0.115. The fourth-order valence-corrected chi connectivity index (χ4v) is 3.95. The molecule has 1 atom stereocenters. The van der Waals surface area contributed by atoms with E-state index < -0.39 is 27.8 Å². The van der Waals surface area contributed by atoms with Gasteiger partial charge in [0.2, 0.25) is 5.91 Å². The second-order valence-corrected chi connectivity index (χ2v) is 7.80. The van der Waals surface area contributed by atoms with Crippen LogP contribution in [0.5, 0.6) is 5.75 Å². The lowest BCUT2D eigenvalue weighted by Crippen LogP contribution is -2.45. The van der Waals surface area contributed by atoms with Gasteiger partial charge < -0.3 is 21.1 Å². The van der Waals surface area contributed by atoms with Crippen LogP contribution in [0.25, 0.3) is 0 Å². The molecule has 23 heavy (non-hydrogen) atoms. The Balaban J connectivity index is 1.78. The van der Waals surface area contributed by atoms with Crippen LogP contribution in [0.1, 0.15) is 6.42 Å². The monoisotopic (exact) mass is 361 g/mol. The standard InChI is InChI=1S/C13H16ClN3O5S/c14-8-1-2-11(18)10(5-8)17-12(19)6-15-13(20)16-9-3-4-23(21,22)7-9/h1-2,5,9,18H,3-4,6-7H2,(H,17,19)(H2,15,16,20)/t9-/m0/s1. The highest BCUT2D eigenvalue weighted by molar-refractivity contribution is 7.91. The fraction of sp³-hybridized carbons (Fsp3) is 0.385. The average Bonchev–Trinajstić information content (AvgIpc) is 2.79. The molecule has 2 rings (SSSR count). The molecule has 0 unspecified atom stereocenters. The number of hydrogen-bond donors (Lipinski definition) is 4. The summed E-state index contributed by atoms with van der Waals surface area (Å²) in [5.74, 6) is -0.754. The maximum absolute atomic E-state index is 11.7. The Morgan fingerprint density at radius 1 is 1.35 bits per heavy atom. The van der Waals surface area contributed by atoms with Gasteiger partial charge in [-0.2, -0.15) is 0 Å². The van der Waals surface area contributed by atoms with Crippen LogP contribution in [-0.4, -0.2) is 49.6 Å². The van der Waals surface area contributed by atoms with Gasteiger partial charge in [0.25, 0.3) is 0 Å². The van der Waals surface area contributed by atoms with Gasteiger partial charge in [-0.25, -0.2) is 13.2 Å². The summed E-state index contributed by atoms with van der Waals surface area (Å²) < 4.78 is 22.6. The number of carbonyl (C=O) groups is 2. The summed E-state index contributed by atoms with van der Waals surface area (Å²) >= 11 is 5.75. The Hall–Kier alpha value is -2.00. The lowest BCUT2D eigenvalue weighted by atomic mass is 10.3. The summed E-state index contributed by atoms with van der Waals surface area (Å²) in [4.78, 5) is 23.3. The molecular formula is C13H16ClN3O5S. The van der Waals surface area contributed by atoms with E-state index >= 15 is 0 Å². The molecule has 0 aromatic heterocycles. The van der Waals surface area contributed by atoms with Gasteiger partial charge in [-0.1, -0.05) is 11.6 Å². The summed E-state index contributed by atoms with van der Waals surface area (Å²) in [5, 5.41) is 17.1. The first-order chi connectivity index (χ1) is 10.7. The Bertz CT molecular complexity index is 722. The maximum atomic E-state index is 11.7. The summed E-state index contributed by atoms with van der Waals surface area (Å²) in [6.45, 7) is -0.336. The van der Waals surface area contributed by atoms with Gasteiger partial charge in [0.15, 0.2) is 9.84 Å². The highest BCUT2D eigenvalue weighted by Crippen LogP contribution is 2.26. The third-order valence-electron chi connectivity index (χ3n) is 3.21. The smallest absolute Gasteiger partial charge is 0.315 e. The number of phenolic OH excluding ortho intramolecular Hbond substituents is 1. The van der Waals surface area contributed by atoms with E-state index in [4.69, 9.17) is 11.6 Å². The molecule has 8 nitrogen and oxygen atoms in total. The zero-order valence-corrected chi connectivity index (χ0v) is 13.6. The van der Waals surface area contributed by atoms with E-state index in [-0.39, 0.29) is 29.5 Å². The van der Waals surface area contributed by atoms with E-state index in [9.17, 15) is 23.1 Å². The predicted octanol–water partition coefficient (Wildman–Crippen LogP) is 0.470. The summed E-state index contributed by atoms with van der Waals surface area (Å²) in [6.07, 6.45) is 0.359. The molecule has 0 spiro atoms. The van der Waals surface area contributed by atoms with Crippen molar-refractivity contribution in [3.8, 4) is 5.75 Å². The number of phenols is 1. The van der Waals surface area contributed by atoms with E-state index in [1.165, 1.54) is 18.2 Å². The molecule has 1 aromatic rings. The second-order valence-electron chi connectivity index (χ2n) is 5.14. The first-order valence-electron chi connectivity index (χ1n) is 6.78. The van der Waals surface area contributed by atoms with Gasteiger partial charge in [0, 0.05) is 11.1 Å². The van der Waals surface area contributed by atoms with Crippen molar-refractivity contribution in [2.75, 3.05) is 23.4 Å². The Morgan fingerprint density at radius 2 is 2.09 bits per heavy atom. The molecule has 1 aliphatic heterocycles. The van der Waals surface area contributed by atoms with E-state index in [1.54, 1.807) is 0 Å². The van der Waals surface area contributed by atoms with Crippen LogP contribution in [-0.2, 0) is 14.6 Å². The van der Waals surface area contributed by atoms with Crippen molar-refractivity contribution >= 4 is 39.1 Å². The van der Waals surface area contributed by atoms with Crippen LogP contribution in [0, 0.1) is 0 Å². The molecular weight excluding hydrogens is 346 g/mol. The number of hydrogen-bond acceptors (Lipinski definition) is 5. The molecule has 4 N–H and O–H groups in total. The van der Waals surface area contributed by atoms with Gasteiger partial charge in [-0.15, -0.1) is 0 Å². The third kappa shape index (κ3) is 5.29. The first kappa shape index (κ1) is 17.4. The van der Waals surface area contributed by atoms with E-state index in [0.29, 0.717) is 11.4 Å². The van der Waals surface area contributed by atoms with Crippen molar-refractivity contribution in [3.05, 3.63) is 23.2 Å². The highest BCUT2D eigenvalue weighted by Gasteiger charge is 2.28. The van der Waals surface area contributed by atoms with Crippen molar-refractivity contribution in [2.24, 2.45) is 0 Å². The van der Waals surface area contributed by atoms with E-state index in [1.807, 2.05) is 0 Å². The molecule has 0 aliphatic carbocycles. The number of anilines is 1. The van der Waals surface area contributed by atoms with Crippen LogP contribution in [0.4, 0.5) is 10.5 Å². The highest BCUT2D eigenvalue weighted by atomic mass is 35.5. The Labute approximate surface area is 138 Å². The quantitative estimate of drug-likeness (QED) is 0.580. The first-order valence-corrected chi connectivity index (χ1v) is 8.98. The van der Waals surface area contributed by atoms with Gasteiger partial charge in [-0.05, 0) is 24.6 Å². The van der Waals surface area contributed by atoms with E-state index in [0.717, 1.165) is 0 Å². The molecule has 0 saturated carbocycles. The lowest BCUT2D eigenvalue weighted by Gasteiger charge is -2.12. The van der Waals surface area contributed by atoms with Gasteiger partial charge in [0.05, 0.1) is 23.7 Å². The number of benzene rings is 1. The number of halogens is 1. The molecule has 1 aromatic carbocycles. The minimum atomic E-state index is -3.08. The van der Waals surface area contributed by atoms with Gasteiger partial charge >= 0.3 is 6.03 Å². The van der Waals surface area contributed by atoms with Gasteiger partial charge in [-0.3, -0.25) is 4.79 Å². The third-order valence-corrected chi connectivity index (χ3v) is 5.21. The molecule has 1 fully saturated rings. The SMILES string of the molecule is O=C(CNC(=O)N[C@H]1CCS(=O)(=O)C1)Nc1cc(Cl)ccc1O.